The lowest BCUT2D eigenvalue weighted by Gasteiger charge is -2.13. The first kappa shape index (κ1) is 13.6. The summed E-state index contributed by atoms with van der Waals surface area (Å²) in [5.41, 5.74) is 0.535. The molecular weight excluding hydrogens is 272 g/mol. The van der Waals surface area contributed by atoms with Crippen molar-refractivity contribution in [3.63, 3.8) is 0 Å². The molecule has 102 valence electrons. The average molecular weight is 285 g/mol. The van der Waals surface area contributed by atoms with E-state index in [2.05, 4.69) is 15.4 Å². The molecule has 19 heavy (non-hydrogen) atoms. The van der Waals surface area contributed by atoms with Crippen LogP contribution in [-0.4, -0.2) is 32.4 Å². The molecule has 1 N–H and O–H groups in total. The maximum Gasteiger partial charge on any atom is 0.212 e. The van der Waals surface area contributed by atoms with Crippen LogP contribution in [0.25, 0.3) is 0 Å². The van der Waals surface area contributed by atoms with Gasteiger partial charge in [0.2, 0.25) is 5.82 Å². The minimum atomic E-state index is -0.208. The molecule has 0 amide bonds. The Kier molecular flexibility index (Phi) is 4.18. The van der Waals surface area contributed by atoms with E-state index < -0.39 is 0 Å². The lowest BCUT2D eigenvalue weighted by Crippen LogP contribution is -2.03. The Balaban J connectivity index is 2.23. The summed E-state index contributed by atoms with van der Waals surface area (Å²) in [5.74, 6) is 1.30. The van der Waals surface area contributed by atoms with Crippen LogP contribution in [0.2, 0.25) is 5.02 Å². The van der Waals surface area contributed by atoms with Crippen LogP contribution in [0.15, 0.2) is 12.1 Å². The van der Waals surface area contributed by atoms with Crippen LogP contribution in [0.1, 0.15) is 11.4 Å². The van der Waals surface area contributed by atoms with Gasteiger partial charge < -0.3 is 14.6 Å². The van der Waals surface area contributed by atoms with Crippen molar-refractivity contribution < 1.29 is 14.6 Å². The maximum atomic E-state index is 9.32. The SMILES string of the molecule is COc1cc(Cl)cc(CO)c1OCc1nnn(C)n1. The number of aromatic nitrogens is 4. The quantitative estimate of drug-likeness (QED) is 0.880. The van der Waals surface area contributed by atoms with Gasteiger partial charge in [0.15, 0.2) is 18.1 Å². The number of hydrogen-bond acceptors (Lipinski definition) is 6. The van der Waals surface area contributed by atoms with Gasteiger partial charge in [-0.3, -0.25) is 0 Å². The van der Waals surface area contributed by atoms with Crippen molar-refractivity contribution in [2.45, 2.75) is 13.2 Å². The van der Waals surface area contributed by atoms with Gasteiger partial charge in [-0.05, 0) is 11.3 Å². The van der Waals surface area contributed by atoms with Gasteiger partial charge in [0, 0.05) is 16.7 Å². The largest absolute Gasteiger partial charge is 0.493 e. The molecule has 0 fully saturated rings. The third kappa shape index (κ3) is 3.12. The van der Waals surface area contributed by atoms with Crippen LogP contribution in [0.4, 0.5) is 0 Å². The summed E-state index contributed by atoms with van der Waals surface area (Å²) in [7, 11) is 3.17. The molecule has 1 aromatic heterocycles. The summed E-state index contributed by atoms with van der Waals surface area (Å²) >= 11 is 5.92. The number of aliphatic hydroxyl groups is 1. The predicted molar refractivity (Wildman–Crippen MR) is 67.1 cm³/mol. The van der Waals surface area contributed by atoms with Crippen molar-refractivity contribution in [1.29, 1.82) is 0 Å². The smallest absolute Gasteiger partial charge is 0.212 e. The van der Waals surface area contributed by atoms with E-state index in [-0.39, 0.29) is 13.2 Å². The highest BCUT2D eigenvalue weighted by molar-refractivity contribution is 6.30. The Morgan fingerprint density at radius 1 is 1.42 bits per heavy atom. The topological polar surface area (TPSA) is 82.3 Å². The molecule has 0 atom stereocenters. The lowest BCUT2D eigenvalue weighted by atomic mass is 10.2. The minimum absolute atomic E-state index is 0.124. The Morgan fingerprint density at radius 2 is 2.21 bits per heavy atom. The summed E-state index contributed by atoms with van der Waals surface area (Å²) in [6, 6.07) is 3.23. The Morgan fingerprint density at radius 3 is 2.79 bits per heavy atom. The fourth-order valence-electron chi connectivity index (χ4n) is 1.57. The molecule has 0 aliphatic rings. The molecule has 0 aliphatic heterocycles. The average Bonchev–Trinajstić information content (AvgIpc) is 2.81. The number of hydrogen-bond donors (Lipinski definition) is 1. The number of aliphatic hydroxyl groups excluding tert-OH is 1. The number of rotatable bonds is 5. The number of halogens is 1. The number of aryl methyl sites for hydroxylation is 1. The molecule has 8 heteroatoms. The van der Waals surface area contributed by atoms with Gasteiger partial charge in [0.05, 0.1) is 20.8 Å². The summed E-state index contributed by atoms with van der Waals surface area (Å²) in [6.07, 6.45) is 0. The first-order valence-electron chi connectivity index (χ1n) is 5.47. The van der Waals surface area contributed by atoms with E-state index in [4.69, 9.17) is 21.1 Å². The Hall–Kier alpha value is -1.86. The van der Waals surface area contributed by atoms with E-state index >= 15 is 0 Å². The molecular formula is C11H13ClN4O3. The van der Waals surface area contributed by atoms with Crippen molar-refractivity contribution in [3.8, 4) is 11.5 Å². The Bertz CT molecular complexity index is 548. The molecule has 0 saturated heterocycles. The van der Waals surface area contributed by atoms with E-state index in [1.807, 2.05) is 0 Å². The highest BCUT2D eigenvalue weighted by Gasteiger charge is 2.13. The van der Waals surface area contributed by atoms with E-state index in [0.717, 1.165) is 0 Å². The van der Waals surface area contributed by atoms with E-state index in [9.17, 15) is 5.11 Å². The van der Waals surface area contributed by atoms with Gasteiger partial charge >= 0.3 is 0 Å². The molecule has 0 unspecified atom stereocenters. The van der Waals surface area contributed by atoms with E-state index in [1.165, 1.54) is 11.9 Å². The maximum absolute atomic E-state index is 9.32. The highest BCUT2D eigenvalue weighted by atomic mass is 35.5. The summed E-state index contributed by atoms with van der Waals surface area (Å²) in [6.45, 7) is -0.0843. The zero-order valence-corrected chi connectivity index (χ0v) is 11.3. The third-order valence-corrected chi connectivity index (χ3v) is 2.60. The number of nitrogens with zero attached hydrogens (tertiary/aromatic N) is 4. The first-order chi connectivity index (χ1) is 9.13. The number of methoxy groups -OCH3 is 1. The van der Waals surface area contributed by atoms with E-state index in [0.29, 0.717) is 27.9 Å². The van der Waals surface area contributed by atoms with Gasteiger partial charge in [0.25, 0.3) is 0 Å². The first-order valence-corrected chi connectivity index (χ1v) is 5.84. The summed E-state index contributed by atoms with van der Waals surface area (Å²) < 4.78 is 10.8. The van der Waals surface area contributed by atoms with Crippen molar-refractivity contribution >= 4 is 11.6 Å². The number of tetrazole rings is 1. The summed E-state index contributed by atoms with van der Waals surface area (Å²) in [5, 5.41) is 21.3. The molecule has 1 heterocycles. The molecule has 0 saturated carbocycles. The Labute approximate surface area is 114 Å². The van der Waals surface area contributed by atoms with Crippen molar-refractivity contribution in [3.05, 3.63) is 28.5 Å². The van der Waals surface area contributed by atoms with Crippen LogP contribution in [0.5, 0.6) is 11.5 Å². The van der Waals surface area contributed by atoms with Crippen LogP contribution < -0.4 is 9.47 Å². The molecule has 0 radical (unpaired) electrons. The second-order valence-electron chi connectivity index (χ2n) is 3.74. The lowest BCUT2D eigenvalue weighted by molar-refractivity contribution is 0.246. The molecule has 7 nitrogen and oxygen atoms in total. The van der Waals surface area contributed by atoms with Crippen LogP contribution >= 0.6 is 11.6 Å². The van der Waals surface area contributed by atoms with Crippen molar-refractivity contribution in [1.82, 2.24) is 20.2 Å². The predicted octanol–water partition coefficient (Wildman–Crippen LogP) is 0.943. The van der Waals surface area contributed by atoms with Crippen molar-refractivity contribution in [2.24, 2.45) is 7.05 Å². The molecule has 2 rings (SSSR count). The summed E-state index contributed by atoms with van der Waals surface area (Å²) in [4.78, 5) is 1.34. The van der Waals surface area contributed by atoms with Gasteiger partial charge in [-0.1, -0.05) is 11.6 Å². The molecule has 2 aromatic rings. The second kappa shape index (κ2) is 5.85. The normalized spacial score (nSPS) is 10.5. The van der Waals surface area contributed by atoms with Crippen LogP contribution in [0, 0.1) is 0 Å². The van der Waals surface area contributed by atoms with E-state index in [1.54, 1.807) is 19.2 Å². The number of ether oxygens (including phenoxy) is 2. The molecule has 1 aromatic carbocycles. The van der Waals surface area contributed by atoms with Gasteiger partial charge in [0.1, 0.15) is 0 Å². The van der Waals surface area contributed by atoms with Gasteiger partial charge in [-0.15, -0.1) is 10.2 Å². The third-order valence-electron chi connectivity index (χ3n) is 2.38. The molecule has 0 aliphatic carbocycles. The second-order valence-corrected chi connectivity index (χ2v) is 4.17. The highest BCUT2D eigenvalue weighted by Crippen LogP contribution is 2.35. The van der Waals surface area contributed by atoms with Crippen LogP contribution in [-0.2, 0) is 20.3 Å². The minimum Gasteiger partial charge on any atom is -0.493 e. The van der Waals surface area contributed by atoms with Crippen LogP contribution in [0.3, 0.4) is 0 Å². The standard InChI is InChI=1S/C11H13ClN4O3/c1-16-14-10(13-15-16)6-19-11-7(5-17)3-8(12)4-9(11)18-2/h3-4,17H,5-6H2,1-2H3. The zero-order chi connectivity index (χ0) is 13.8. The molecule has 0 bridgehead atoms. The fourth-order valence-corrected chi connectivity index (χ4v) is 1.80. The number of benzene rings is 1. The van der Waals surface area contributed by atoms with Crippen molar-refractivity contribution in [2.75, 3.05) is 7.11 Å². The monoisotopic (exact) mass is 284 g/mol. The zero-order valence-electron chi connectivity index (χ0n) is 10.5. The van der Waals surface area contributed by atoms with Gasteiger partial charge in [-0.25, -0.2) is 0 Å². The fraction of sp³-hybridized carbons (Fsp3) is 0.364. The molecule has 0 spiro atoms. The van der Waals surface area contributed by atoms with Gasteiger partial charge in [-0.2, -0.15) is 4.80 Å².